The number of H-pyrrole nitrogens is 1. The van der Waals surface area contributed by atoms with Gasteiger partial charge in [0.05, 0.1) is 24.1 Å². The Labute approximate surface area is 101 Å². The number of aryl methyl sites for hydroxylation is 1. The molecular formula is C12H19N5. The number of nitrogens with zero attached hydrogens (tertiary/aromatic N) is 3. The molecule has 0 amide bonds. The molecule has 5 nitrogen and oxygen atoms in total. The molecule has 92 valence electrons. The highest BCUT2D eigenvalue weighted by Gasteiger charge is 2.11. The highest BCUT2D eigenvalue weighted by Crippen LogP contribution is 2.15. The number of hydrogen-bond donors (Lipinski definition) is 2. The van der Waals surface area contributed by atoms with E-state index in [0.717, 1.165) is 23.8 Å². The minimum atomic E-state index is 0.0967. The summed E-state index contributed by atoms with van der Waals surface area (Å²) < 4.78 is 1.83. The Hall–Kier alpha value is -1.62. The first-order valence-corrected chi connectivity index (χ1v) is 5.73. The van der Waals surface area contributed by atoms with Gasteiger partial charge in [-0.15, -0.1) is 0 Å². The van der Waals surface area contributed by atoms with Crippen LogP contribution in [0.1, 0.15) is 26.6 Å². The second-order valence-electron chi connectivity index (χ2n) is 5.19. The summed E-state index contributed by atoms with van der Waals surface area (Å²) >= 11 is 0. The molecule has 2 heterocycles. The number of imidazole rings is 1. The van der Waals surface area contributed by atoms with Crippen molar-refractivity contribution in [1.29, 1.82) is 0 Å². The van der Waals surface area contributed by atoms with Crippen molar-refractivity contribution < 1.29 is 0 Å². The van der Waals surface area contributed by atoms with Crippen LogP contribution in [0.5, 0.6) is 0 Å². The minimum absolute atomic E-state index is 0.0967. The van der Waals surface area contributed by atoms with Crippen LogP contribution in [0.25, 0.3) is 11.4 Å². The Morgan fingerprint density at radius 3 is 2.76 bits per heavy atom. The lowest BCUT2D eigenvalue weighted by Crippen LogP contribution is -2.35. The Balaban J connectivity index is 2.09. The lowest BCUT2D eigenvalue weighted by atomic mass is 10.1. The molecule has 0 aliphatic heterocycles. The lowest BCUT2D eigenvalue weighted by molar-refractivity contribution is 0.418. The van der Waals surface area contributed by atoms with Crippen LogP contribution in [0.15, 0.2) is 18.5 Å². The van der Waals surface area contributed by atoms with E-state index in [9.17, 15) is 0 Å². The van der Waals surface area contributed by atoms with Crippen molar-refractivity contribution in [2.75, 3.05) is 0 Å². The van der Waals surface area contributed by atoms with Crippen molar-refractivity contribution in [2.24, 2.45) is 7.05 Å². The monoisotopic (exact) mass is 233 g/mol. The predicted molar refractivity (Wildman–Crippen MR) is 67.4 cm³/mol. The number of nitrogens with one attached hydrogen (secondary N) is 2. The largest absolute Gasteiger partial charge is 0.340 e. The molecule has 0 saturated carbocycles. The zero-order valence-electron chi connectivity index (χ0n) is 10.8. The standard InChI is InChI=1S/C12H19N5/c1-12(2,3)14-8-11-13-7-9(16-11)10-5-6-15-17(10)4/h5-7,14H,8H2,1-4H3,(H,13,16). The Bertz CT molecular complexity index is 489. The average molecular weight is 233 g/mol. The van der Waals surface area contributed by atoms with Gasteiger partial charge in [0.1, 0.15) is 5.82 Å². The van der Waals surface area contributed by atoms with Gasteiger partial charge in [-0.1, -0.05) is 0 Å². The molecule has 17 heavy (non-hydrogen) atoms. The predicted octanol–water partition coefficient (Wildman–Crippen LogP) is 1.70. The van der Waals surface area contributed by atoms with Crippen LogP contribution < -0.4 is 5.32 Å². The SMILES string of the molecule is Cn1nccc1-c1cnc(CNC(C)(C)C)[nH]1. The molecule has 0 radical (unpaired) electrons. The summed E-state index contributed by atoms with van der Waals surface area (Å²) in [5.41, 5.74) is 2.13. The van der Waals surface area contributed by atoms with E-state index in [0.29, 0.717) is 0 Å². The molecule has 0 aromatic carbocycles. The molecule has 0 spiro atoms. The third-order valence-electron chi connectivity index (χ3n) is 2.51. The van der Waals surface area contributed by atoms with Crippen molar-refractivity contribution in [2.45, 2.75) is 32.9 Å². The minimum Gasteiger partial charge on any atom is -0.340 e. The van der Waals surface area contributed by atoms with Crippen molar-refractivity contribution in [3.63, 3.8) is 0 Å². The number of aromatic nitrogens is 4. The number of aromatic amines is 1. The van der Waals surface area contributed by atoms with E-state index in [-0.39, 0.29) is 5.54 Å². The first-order valence-electron chi connectivity index (χ1n) is 5.73. The number of rotatable bonds is 3. The number of hydrogen-bond acceptors (Lipinski definition) is 3. The lowest BCUT2D eigenvalue weighted by Gasteiger charge is -2.19. The van der Waals surface area contributed by atoms with E-state index < -0.39 is 0 Å². The van der Waals surface area contributed by atoms with Crippen molar-refractivity contribution in [3.8, 4) is 11.4 Å². The smallest absolute Gasteiger partial charge is 0.120 e. The maximum absolute atomic E-state index is 4.36. The fraction of sp³-hybridized carbons (Fsp3) is 0.500. The summed E-state index contributed by atoms with van der Waals surface area (Å²) in [5.74, 6) is 0.941. The van der Waals surface area contributed by atoms with E-state index in [1.807, 2.05) is 24.0 Å². The van der Waals surface area contributed by atoms with Gasteiger partial charge in [0, 0.05) is 18.8 Å². The maximum atomic E-state index is 4.36. The fourth-order valence-corrected chi connectivity index (χ4v) is 1.57. The van der Waals surface area contributed by atoms with E-state index in [1.165, 1.54) is 0 Å². The van der Waals surface area contributed by atoms with Crippen LogP contribution in [0.2, 0.25) is 0 Å². The van der Waals surface area contributed by atoms with Gasteiger partial charge in [-0.3, -0.25) is 4.68 Å². The second-order valence-corrected chi connectivity index (χ2v) is 5.19. The first-order chi connectivity index (χ1) is 7.96. The summed E-state index contributed by atoms with van der Waals surface area (Å²) in [6.07, 6.45) is 3.62. The molecule has 0 saturated heterocycles. The molecule has 5 heteroatoms. The molecule has 0 bridgehead atoms. The first kappa shape index (κ1) is 11.9. The molecule has 0 unspecified atom stereocenters. The zero-order valence-corrected chi connectivity index (χ0v) is 10.8. The van der Waals surface area contributed by atoms with Crippen molar-refractivity contribution in [1.82, 2.24) is 25.1 Å². The maximum Gasteiger partial charge on any atom is 0.120 e. The van der Waals surface area contributed by atoms with Crippen LogP contribution in [0, 0.1) is 0 Å². The van der Waals surface area contributed by atoms with Gasteiger partial charge >= 0.3 is 0 Å². The van der Waals surface area contributed by atoms with Gasteiger partial charge in [-0.25, -0.2) is 4.98 Å². The van der Waals surface area contributed by atoms with Crippen LogP contribution in [-0.4, -0.2) is 25.3 Å². The highest BCUT2D eigenvalue weighted by molar-refractivity contribution is 5.52. The molecule has 0 atom stereocenters. The molecular weight excluding hydrogens is 214 g/mol. The van der Waals surface area contributed by atoms with Crippen LogP contribution in [0.4, 0.5) is 0 Å². The topological polar surface area (TPSA) is 58.5 Å². The van der Waals surface area contributed by atoms with Gasteiger partial charge in [0.15, 0.2) is 0 Å². The average Bonchev–Trinajstić information content (AvgIpc) is 2.81. The van der Waals surface area contributed by atoms with E-state index in [2.05, 4.69) is 41.2 Å². The van der Waals surface area contributed by atoms with E-state index in [1.54, 1.807) is 6.20 Å². The molecule has 2 aromatic heterocycles. The van der Waals surface area contributed by atoms with Crippen molar-refractivity contribution in [3.05, 3.63) is 24.3 Å². The van der Waals surface area contributed by atoms with Gasteiger partial charge < -0.3 is 10.3 Å². The normalized spacial score (nSPS) is 12.0. The highest BCUT2D eigenvalue weighted by atomic mass is 15.3. The molecule has 0 aliphatic rings. The van der Waals surface area contributed by atoms with E-state index in [4.69, 9.17) is 0 Å². The Kier molecular flexibility index (Phi) is 3.02. The fourth-order valence-electron chi connectivity index (χ4n) is 1.57. The molecule has 0 aliphatic carbocycles. The molecule has 2 rings (SSSR count). The Morgan fingerprint density at radius 2 is 2.18 bits per heavy atom. The second kappa shape index (κ2) is 4.33. The Morgan fingerprint density at radius 1 is 1.41 bits per heavy atom. The van der Waals surface area contributed by atoms with E-state index >= 15 is 0 Å². The van der Waals surface area contributed by atoms with Gasteiger partial charge in [-0.2, -0.15) is 5.10 Å². The summed E-state index contributed by atoms with van der Waals surface area (Å²) in [6, 6.07) is 1.97. The van der Waals surface area contributed by atoms with Gasteiger partial charge in [-0.05, 0) is 26.8 Å². The summed E-state index contributed by atoms with van der Waals surface area (Å²) in [6.45, 7) is 7.15. The molecule has 2 aromatic rings. The summed E-state index contributed by atoms with van der Waals surface area (Å²) in [4.78, 5) is 7.65. The molecule has 2 N–H and O–H groups in total. The van der Waals surface area contributed by atoms with Gasteiger partial charge in [0.2, 0.25) is 0 Å². The third kappa shape index (κ3) is 2.94. The molecule has 0 fully saturated rings. The summed E-state index contributed by atoms with van der Waals surface area (Å²) in [7, 11) is 1.92. The van der Waals surface area contributed by atoms with Gasteiger partial charge in [0.25, 0.3) is 0 Å². The summed E-state index contributed by atoms with van der Waals surface area (Å²) in [5, 5.41) is 7.54. The van der Waals surface area contributed by atoms with Crippen LogP contribution in [-0.2, 0) is 13.6 Å². The third-order valence-corrected chi connectivity index (χ3v) is 2.51. The zero-order chi connectivity index (χ0) is 12.5. The van der Waals surface area contributed by atoms with Crippen molar-refractivity contribution >= 4 is 0 Å². The van der Waals surface area contributed by atoms with Crippen LogP contribution >= 0.6 is 0 Å². The quantitative estimate of drug-likeness (QED) is 0.848. The van der Waals surface area contributed by atoms with Crippen LogP contribution in [0.3, 0.4) is 0 Å².